The summed E-state index contributed by atoms with van der Waals surface area (Å²) in [6.45, 7) is 10.9. The lowest BCUT2D eigenvalue weighted by molar-refractivity contribution is 0.299. The molecule has 0 fully saturated rings. The third-order valence-electron chi connectivity index (χ3n) is 4.77. The quantitative estimate of drug-likeness (QED) is 0.442. The summed E-state index contributed by atoms with van der Waals surface area (Å²) >= 11 is 3.33. The minimum atomic E-state index is -1.96. The summed E-state index contributed by atoms with van der Waals surface area (Å²) in [4.78, 5) is 12.2. The fraction of sp³-hybridized carbons (Fsp3) is 0.500. The predicted molar refractivity (Wildman–Crippen MR) is 104 cm³/mol. The van der Waals surface area contributed by atoms with Crippen LogP contribution in [0, 0.1) is 0 Å². The highest BCUT2D eigenvalue weighted by Gasteiger charge is 2.39. The Morgan fingerprint density at radius 1 is 1.25 bits per heavy atom. The van der Waals surface area contributed by atoms with Crippen LogP contribution in [-0.2, 0) is 11.8 Å². The number of alkyl halides is 1. The number of hydrogen-bond donors (Lipinski definition) is 1. The first kappa shape index (κ1) is 19.2. The van der Waals surface area contributed by atoms with Crippen LogP contribution in [-0.4, -0.2) is 20.0 Å². The number of halogens is 1. The van der Waals surface area contributed by atoms with E-state index in [2.05, 4.69) is 49.8 Å². The normalized spacial score (nSPS) is 12.6. The van der Waals surface area contributed by atoms with E-state index in [9.17, 15) is 9.90 Å². The fourth-order valence-electron chi connectivity index (χ4n) is 2.33. The van der Waals surface area contributed by atoms with Crippen LogP contribution in [0.25, 0.3) is 11.0 Å². The van der Waals surface area contributed by atoms with E-state index < -0.39 is 8.32 Å². The van der Waals surface area contributed by atoms with Crippen LogP contribution in [0.3, 0.4) is 0 Å². The van der Waals surface area contributed by atoms with E-state index in [1.165, 1.54) is 0 Å². The highest BCUT2D eigenvalue weighted by Crippen LogP contribution is 2.38. The third-order valence-corrected chi connectivity index (χ3v) is 9.69. The van der Waals surface area contributed by atoms with Crippen molar-refractivity contribution in [3.05, 3.63) is 39.7 Å². The first-order valence-electron chi connectivity index (χ1n) is 8.05. The second kappa shape index (κ2) is 7.02. The van der Waals surface area contributed by atoms with E-state index in [4.69, 9.17) is 8.84 Å². The van der Waals surface area contributed by atoms with Crippen LogP contribution < -0.4 is 10.1 Å². The van der Waals surface area contributed by atoms with Crippen molar-refractivity contribution in [3.8, 4) is 5.75 Å². The van der Waals surface area contributed by atoms with Crippen molar-refractivity contribution >= 4 is 35.2 Å². The molecule has 0 amide bonds. The lowest BCUT2D eigenvalue weighted by Crippen LogP contribution is -2.43. The molecular weight excluding hydrogens is 388 g/mol. The van der Waals surface area contributed by atoms with Crippen molar-refractivity contribution in [1.82, 2.24) is 0 Å². The molecule has 0 bridgehead atoms. The molecule has 0 saturated heterocycles. The standard InChI is InChI=1S/C18H25BrO4Si/c1-18(2,3)24(4,5)23-12-6-7-14-13(8-9-20)15(11-19)17(21)22-16(14)10-12/h6-7,10,20H,8-9,11H2,1-5H3. The van der Waals surface area contributed by atoms with Crippen molar-refractivity contribution < 1.29 is 13.9 Å². The second-order valence-electron chi connectivity index (χ2n) is 7.47. The minimum absolute atomic E-state index is 0.0131. The van der Waals surface area contributed by atoms with Gasteiger partial charge in [-0.3, -0.25) is 0 Å². The molecule has 0 unspecified atom stereocenters. The van der Waals surface area contributed by atoms with E-state index in [0.29, 0.717) is 22.9 Å². The summed E-state index contributed by atoms with van der Waals surface area (Å²) in [6, 6.07) is 5.62. The van der Waals surface area contributed by atoms with Crippen LogP contribution in [0.4, 0.5) is 0 Å². The maximum absolute atomic E-state index is 12.2. The molecule has 2 aromatic rings. The molecule has 1 aromatic heterocycles. The van der Waals surface area contributed by atoms with E-state index in [1.807, 2.05) is 12.1 Å². The van der Waals surface area contributed by atoms with Gasteiger partial charge in [-0.15, -0.1) is 0 Å². The van der Waals surface area contributed by atoms with Crippen molar-refractivity contribution in [2.24, 2.45) is 0 Å². The Kier molecular flexibility index (Phi) is 5.62. The van der Waals surface area contributed by atoms with Crippen molar-refractivity contribution in [2.75, 3.05) is 6.61 Å². The molecule has 0 radical (unpaired) electrons. The van der Waals surface area contributed by atoms with Crippen molar-refractivity contribution in [1.29, 1.82) is 0 Å². The van der Waals surface area contributed by atoms with Crippen LogP contribution in [0.15, 0.2) is 27.4 Å². The molecule has 24 heavy (non-hydrogen) atoms. The van der Waals surface area contributed by atoms with Gasteiger partial charge in [0.1, 0.15) is 11.3 Å². The van der Waals surface area contributed by atoms with Crippen molar-refractivity contribution in [2.45, 2.75) is 50.7 Å². The lowest BCUT2D eigenvalue weighted by Gasteiger charge is -2.36. The molecule has 2 rings (SSSR count). The summed E-state index contributed by atoms with van der Waals surface area (Å²) < 4.78 is 11.8. The maximum Gasteiger partial charge on any atom is 0.340 e. The highest BCUT2D eigenvalue weighted by atomic mass is 79.9. The average Bonchev–Trinajstić information content (AvgIpc) is 2.45. The molecule has 6 heteroatoms. The Labute approximate surface area is 152 Å². The van der Waals surface area contributed by atoms with Crippen LogP contribution in [0.1, 0.15) is 31.9 Å². The molecule has 0 saturated carbocycles. The number of rotatable bonds is 5. The molecule has 132 valence electrons. The molecule has 0 aliphatic heterocycles. The van der Waals surface area contributed by atoms with E-state index in [1.54, 1.807) is 6.07 Å². The fourth-order valence-corrected chi connectivity index (χ4v) is 3.92. The van der Waals surface area contributed by atoms with Gasteiger partial charge < -0.3 is 13.9 Å². The average molecular weight is 413 g/mol. The van der Waals surface area contributed by atoms with Gasteiger partial charge in [0.25, 0.3) is 0 Å². The first-order chi connectivity index (χ1) is 11.1. The van der Waals surface area contributed by atoms with E-state index in [-0.39, 0.29) is 17.3 Å². The molecule has 4 nitrogen and oxygen atoms in total. The second-order valence-corrected chi connectivity index (χ2v) is 12.8. The van der Waals surface area contributed by atoms with Gasteiger partial charge in [0.05, 0.1) is 5.56 Å². The van der Waals surface area contributed by atoms with Gasteiger partial charge in [-0.05, 0) is 42.2 Å². The number of aliphatic hydroxyl groups excluding tert-OH is 1. The van der Waals surface area contributed by atoms with Gasteiger partial charge in [-0.2, -0.15) is 0 Å². The molecule has 0 aliphatic carbocycles. The third kappa shape index (κ3) is 3.76. The van der Waals surface area contributed by atoms with E-state index >= 15 is 0 Å². The Balaban J connectivity index is 2.55. The van der Waals surface area contributed by atoms with Gasteiger partial charge in [-0.1, -0.05) is 36.7 Å². The summed E-state index contributed by atoms with van der Waals surface area (Å²) in [5.74, 6) is 0.721. The van der Waals surface area contributed by atoms with Crippen LogP contribution in [0.2, 0.25) is 18.1 Å². The molecule has 1 N–H and O–H groups in total. The lowest BCUT2D eigenvalue weighted by atomic mass is 10.0. The summed E-state index contributed by atoms with van der Waals surface area (Å²) in [6.07, 6.45) is 0.422. The first-order valence-corrected chi connectivity index (χ1v) is 12.1. The van der Waals surface area contributed by atoms with Gasteiger partial charge in [-0.25, -0.2) is 4.79 Å². The summed E-state index contributed by atoms with van der Waals surface area (Å²) in [5, 5.41) is 10.7. The van der Waals surface area contributed by atoms with Gasteiger partial charge in [0.2, 0.25) is 8.32 Å². The van der Waals surface area contributed by atoms with Gasteiger partial charge in [0, 0.05) is 23.4 Å². The Morgan fingerprint density at radius 3 is 2.46 bits per heavy atom. The molecule has 0 spiro atoms. The maximum atomic E-state index is 12.2. The molecule has 1 aromatic carbocycles. The molecular formula is C18H25BrO4Si. The Hall–Kier alpha value is -1.11. The molecule has 0 atom stereocenters. The van der Waals surface area contributed by atoms with Gasteiger partial charge in [0.15, 0.2) is 0 Å². The van der Waals surface area contributed by atoms with Gasteiger partial charge >= 0.3 is 5.63 Å². The van der Waals surface area contributed by atoms with E-state index in [0.717, 1.165) is 16.7 Å². The smallest absolute Gasteiger partial charge is 0.340 e. The molecule has 1 heterocycles. The number of benzene rings is 1. The highest BCUT2D eigenvalue weighted by molar-refractivity contribution is 9.08. The zero-order chi connectivity index (χ0) is 18.1. The zero-order valence-corrected chi connectivity index (χ0v) is 17.5. The minimum Gasteiger partial charge on any atom is -0.543 e. The Morgan fingerprint density at radius 2 is 1.92 bits per heavy atom. The summed E-state index contributed by atoms with van der Waals surface area (Å²) in [7, 11) is -1.96. The number of fused-ring (bicyclic) bond motifs is 1. The monoisotopic (exact) mass is 412 g/mol. The predicted octanol–water partition coefficient (Wildman–Crippen LogP) is 4.61. The number of hydrogen-bond acceptors (Lipinski definition) is 4. The topological polar surface area (TPSA) is 59.7 Å². The summed E-state index contributed by atoms with van der Waals surface area (Å²) in [5.41, 5.74) is 1.53. The number of aliphatic hydroxyl groups is 1. The SMILES string of the molecule is CC(C)(C)[Si](C)(C)Oc1ccc2c(CCO)c(CBr)c(=O)oc2c1. The Bertz CT molecular complexity index is 790. The van der Waals surface area contributed by atoms with Crippen LogP contribution >= 0.6 is 15.9 Å². The molecule has 0 aliphatic rings. The van der Waals surface area contributed by atoms with Crippen LogP contribution in [0.5, 0.6) is 5.75 Å². The van der Waals surface area contributed by atoms with Crippen molar-refractivity contribution in [3.63, 3.8) is 0 Å². The zero-order valence-electron chi connectivity index (χ0n) is 14.9. The largest absolute Gasteiger partial charge is 0.543 e.